The highest BCUT2D eigenvalue weighted by Gasteiger charge is 2.19. The number of carbonyl (C=O) groups excluding carboxylic acids is 1. The molecule has 1 aromatic heterocycles. The first-order chi connectivity index (χ1) is 16.5. The fourth-order valence-corrected chi connectivity index (χ4v) is 4.42. The van der Waals surface area contributed by atoms with E-state index < -0.39 is 10.0 Å². The van der Waals surface area contributed by atoms with Gasteiger partial charge < -0.3 is 14.6 Å². The van der Waals surface area contributed by atoms with Crippen LogP contribution in [0.5, 0.6) is 5.75 Å². The maximum atomic E-state index is 12.3. The largest absolute Gasteiger partial charge is 0.497 e. The summed E-state index contributed by atoms with van der Waals surface area (Å²) in [6.07, 6.45) is 1.62. The Balaban J connectivity index is 1.52. The van der Waals surface area contributed by atoms with Gasteiger partial charge in [-0.25, -0.2) is 8.42 Å². The highest BCUT2D eigenvalue weighted by molar-refractivity contribution is 7.92. The molecule has 0 saturated heterocycles. The van der Waals surface area contributed by atoms with E-state index in [1.807, 2.05) is 24.3 Å². The summed E-state index contributed by atoms with van der Waals surface area (Å²) in [6.45, 7) is 6.70. The molecule has 0 aliphatic heterocycles. The number of benzene rings is 2. The van der Waals surface area contributed by atoms with E-state index in [-0.39, 0.29) is 30.8 Å². The smallest absolute Gasteiger partial charge is 0.246 e. The number of carbonyl (C=O) groups is 1. The molecule has 0 aliphatic carbocycles. The molecule has 0 fully saturated rings. The van der Waals surface area contributed by atoms with Gasteiger partial charge in [0.2, 0.25) is 27.6 Å². The number of anilines is 1. The number of amides is 1. The normalized spacial score (nSPS) is 11.8. The zero-order chi connectivity index (χ0) is 25.6. The fourth-order valence-electron chi connectivity index (χ4n) is 3.46. The third-order valence-electron chi connectivity index (χ3n) is 5.42. The van der Waals surface area contributed by atoms with E-state index in [1.165, 1.54) is 17.0 Å². The summed E-state index contributed by atoms with van der Waals surface area (Å²) in [7, 11) is -2.00. The quantitative estimate of drug-likeness (QED) is 0.449. The van der Waals surface area contributed by atoms with Crippen molar-refractivity contribution < 1.29 is 22.5 Å². The Morgan fingerprint density at radius 3 is 2.49 bits per heavy atom. The van der Waals surface area contributed by atoms with Crippen molar-refractivity contribution >= 4 is 21.6 Å². The second kappa shape index (κ2) is 10.9. The zero-order valence-electron chi connectivity index (χ0n) is 20.7. The van der Waals surface area contributed by atoms with E-state index in [9.17, 15) is 13.2 Å². The van der Waals surface area contributed by atoms with Crippen LogP contribution in [0, 0.1) is 0 Å². The van der Waals surface area contributed by atoms with Crippen molar-refractivity contribution in [2.24, 2.45) is 0 Å². The van der Waals surface area contributed by atoms with Crippen LogP contribution in [-0.2, 0) is 26.8 Å². The second-order valence-electron chi connectivity index (χ2n) is 9.26. The molecule has 0 aliphatic rings. The number of nitrogens with one attached hydrogen (secondary N) is 1. The monoisotopic (exact) mass is 500 g/mol. The number of rotatable bonds is 10. The van der Waals surface area contributed by atoms with Gasteiger partial charge in [0.05, 0.1) is 25.6 Å². The maximum absolute atomic E-state index is 12.3. The predicted octanol–water partition coefficient (Wildman–Crippen LogP) is 3.91. The van der Waals surface area contributed by atoms with E-state index in [2.05, 4.69) is 36.2 Å². The van der Waals surface area contributed by atoms with Crippen LogP contribution >= 0.6 is 0 Å². The Morgan fingerprint density at radius 2 is 1.86 bits per heavy atom. The van der Waals surface area contributed by atoms with Gasteiger partial charge in [-0.15, -0.1) is 0 Å². The second-order valence-corrected chi connectivity index (χ2v) is 11.2. The van der Waals surface area contributed by atoms with Crippen LogP contribution < -0.4 is 14.4 Å². The van der Waals surface area contributed by atoms with Gasteiger partial charge >= 0.3 is 0 Å². The number of nitrogens with zero attached hydrogens (tertiary/aromatic N) is 3. The third kappa shape index (κ3) is 7.29. The van der Waals surface area contributed by atoms with Crippen molar-refractivity contribution in [2.45, 2.75) is 45.6 Å². The molecule has 3 aromatic rings. The SMILES string of the molecule is COc1cccc(N(CCCC(=O)NCc2nc(-c3ccc(C(C)(C)C)cc3)no2)S(C)(=O)=O)c1. The molecule has 35 heavy (non-hydrogen) atoms. The fraction of sp³-hybridized carbons (Fsp3) is 0.400. The average Bonchev–Trinajstić information content (AvgIpc) is 3.28. The lowest BCUT2D eigenvalue weighted by molar-refractivity contribution is -0.121. The minimum atomic E-state index is -3.52. The first kappa shape index (κ1) is 26.2. The molecular formula is C25H32N4O5S. The van der Waals surface area contributed by atoms with Crippen LogP contribution in [0.1, 0.15) is 45.1 Å². The number of sulfonamides is 1. The first-order valence-corrected chi connectivity index (χ1v) is 13.1. The number of aromatic nitrogens is 2. The lowest BCUT2D eigenvalue weighted by Gasteiger charge is -2.22. The van der Waals surface area contributed by atoms with Crippen molar-refractivity contribution in [3.63, 3.8) is 0 Å². The minimum absolute atomic E-state index is 0.0531. The molecule has 0 saturated carbocycles. The van der Waals surface area contributed by atoms with E-state index in [0.29, 0.717) is 29.6 Å². The summed E-state index contributed by atoms with van der Waals surface area (Å²) in [5, 5.41) is 6.74. The average molecular weight is 501 g/mol. The van der Waals surface area contributed by atoms with Crippen molar-refractivity contribution in [1.82, 2.24) is 15.5 Å². The van der Waals surface area contributed by atoms with E-state index in [4.69, 9.17) is 9.26 Å². The Kier molecular flexibility index (Phi) is 8.16. The van der Waals surface area contributed by atoms with Gasteiger partial charge in [0.25, 0.3) is 0 Å². The summed E-state index contributed by atoms with van der Waals surface area (Å²) in [5.74, 6) is 1.07. The molecule has 1 amide bonds. The summed E-state index contributed by atoms with van der Waals surface area (Å²) in [6, 6.07) is 14.8. The van der Waals surface area contributed by atoms with Gasteiger partial charge in [-0.2, -0.15) is 4.98 Å². The van der Waals surface area contributed by atoms with Crippen LogP contribution in [0.25, 0.3) is 11.4 Å². The van der Waals surface area contributed by atoms with Gasteiger partial charge in [-0.05, 0) is 29.5 Å². The van der Waals surface area contributed by atoms with Crippen LogP contribution in [0.4, 0.5) is 5.69 Å². The molecule has 0 unspecified atom stereocenters. The van der Waals surface area contributed by atoms with Gasteiger partial charge in [0.15, 0.2) is 0 Å². The first-order valence-electron chi connectivity index (χ1n) is 11.3. The lowest BCUT2D eigenvalue weighted by atomic mass is 9.87. The highest BCUT2D eigenvalue weighted by atomic mass is 32.2. The van der Waals surface area contributed by atoms with Crippen molar-refractivity contribution in [3.05, 3.63) is 60.0 Å². The molecule has 9 nitrogen and oxygen atoms in total. The van der Waals surface area contributed by atoms with Crippen LogP contribution in [-0.4, -0.2) is 44.4 Å². The minimum Gasteiger partial charge on any atom is -0.497 e. The summed E-state index contributed by atoms with van der Waals surface area (Å²) in [4.78, 5) is 16.7. The summed E-state index contributed by atoms with van der Waals surface area (Å²) >= 11 is 0. The van der Waals surface area contributed by atoms with Gasteiger partial charge in [0, 0.05) is 24.6 Å². The standard InChI is InChI=1S/C25H32N4O5S/c1-25(2,3)19-13-11-18(12-14-19)24-27-23(34-28-24)17-26-22(30)10-7-15-29(35(5,31)32)20-8-6-9-21(16-20)33-4/h6,8-9,11-14,16H,7,10,15,17H2,1-5H3,(H,26,30). The number of hydrogen-bond donors (Lipinski definition) is 1. The highest BCUT2D eigenvalue weighted by Crippen LogP contribution is 2.25. The topological polar surface area (TPSA) is 115 Å². The van der Waals surface area contributed by atoms with Crippen LogP contribution in [0.15, 0.2) is 53.1 Å². The van der Waals surface area contributed by atoms with E-state index in [1.54, 1.807) is 24.3 Å². The molecule has 0 atom stereocenters. The molecule has 188 valence electrons. The molecule has 0 bridgehead atoms. The Hall–Kier alpha value is -3.40. The molecule has 1 N–H and O–H groups in total. The number of hydrogen-bond acceptors (Lipinski definition) is 7. The van der Waals surface area contributed by atoms with Gasteiger partial charge in [0.1, 0.15) is 5.75 Å². The van der Waals surface area contributed by atoms with Crippen LogP contribution in [0.3, 0.4) is 0 Å². The van der Waals surface area contributed by atoms with Gasteiger partial charge in [-0.3, -0.25) is 9.10 Å². The van der Waals surface area contributed by atoms with Crippen molar-refractivity contribution in [1.29, 1.82) is 0 Å². The molecule has 0 radical (unpaired) electrons. The zero-order valence-corrected chi connectivity index (χ0v) is 21.6. The number of methoxy groups -OCH3 is 1. The number of ether oxygens (including phenoxy) is 1. The summed E-state index contributed by atoms with van der Waals surface area (Å²) in [5.41, 5.74) is 2.58. The molecule has 0 spiro atoms. The maximum Gasteiger partial charge on any atom is 0.246 e. The molecule has 3 rings (SSSR count). The Bertz CT molecular complexity index is 1250. The predicted molar refractivity (Wildman–Crippen MR) is 135 cm³/mol. The molecular weight excluding hydrogens is 468 g/mol. The Labute approximate surface area is 206 Å². The van der Waals surface area contributed by atoms with Crippen LogP contribution in [0.2, 0.25) is 0 Å². The lowest BCUT2D eigenvalue weighted by Crippen LogP contribution is -2.32. The van der Waals surface area contributed by atoms with Crippen molar-refractivity contribution in [2.75, 3.05) is 24.2 Å². The third-order valence-corrected chi connectivity index (χ3v) is 6.61. The van der Waals surface area contributed by atoms with Gasteiger partial charge in [-0.1, -0.05) is 56.3 Å². The summed E-state index contributed by atoms with van der Waals surface area (Å²) < 4.78 is 36.2. The molecule has 10 heteroatoms. The van der Waals surface area contributed by atoms with E-state index >= 15 is 0 Å². The Morgan fingerprint density at radius 1 is 1.14 bits per heavy atom. The van der Waals surface area contributed by atoms with Crippen molar-refractivity contribution in [3.8, 4) is 17.1 Å². The van der Waals surface area contributed by atoms with E-state index in [0.717, 1.165) is 11.8 Å². The molecule has 1 heterocycles. The molecule has 2 aromatic carbocycles.